The van der Waals surface area contributed by atoms with Crippen LogP contribution in [0.5, 0.6) is 0 Å². The van der Waals surface area contributed by atoms with E-state index in [1.54, 1.807) is 0 Å². The van der Waals surface area contributed by atoms with Crippen molar-refractivity contribution < 1.29 is 13.2 Å². The Hall–Kier alpha value is -2.73. The molecule has 3 aromatic rings. The zero-order chi connectivity index (χ0) is 22.0. The Morgan fingerprint density at radius 1 is 1.13 bits per heavy atom. The third kappa shape index (κ3) is 4.22. The monoisotopic (exact) mass is 453 g/mol. The van der Waals surface area contributed by atoms with Crippen LogP contribution in [0.2, 0.25) is 0 Å². The standard InChI is InChI=1S/C23H23N3O3S2/c1-3-14-26-21-17(2)8-7-9-20(21)30-23(26)24-22(27)18-10-12-19(13-11-18)31(28,29)25-15-5-4-6-16-25/h1,7-13H,4-6,14-16H2,2H3. The number of amides is 1. The van der Waals surface area contributed by atoms with E-state index in [-0.39, 0.29) is 4.90 Å². The number of hydrogen-bond acceptors (Lipinski definition) is 4. The average molecular weight is 454 g/mol. The second kappa shape index (κ2) is 8.79. The molecule has 0 bridgehead atoms. The zero-order valence-corrected chi connectivity index (χ0v) is 18.9. The highest BCUT2D eigenvalue weighted by molar-refractivity contribution is 7.89. The van der Waals surface area contributed by atoms with Crippen molar-refractivity contribution in [3.8, 4) is 12.3 Å². The van der Waals surface area contributed by atoms with Gasteiger partial charge in [0.1, 0.15) is 0 Å². The van der Waals surface area contributed by atoms with E-state index in [1.165, 1.54) is 39.9 Å². The van der Waals surface area contributed by atoms with Crippen LogP contribution in [0.4, 0.5) is 0 Å². The number of terminal acetylenes is 1. The van der Waals surface area contributed by atoms with Crippen molar-refractivity contribution >= 4 is 37.5 Å². The lowest BCUT2D eigenvalue weighted by molar-refractivity contribution is 0.0998. The first-order valence-electron chi connectivity index (χ1n) is 10.1. The van der Waals surface area contributed by atoms with Gasteiger partial charge in [0.2, 0.25) is 10.0 Å². The lowest BCUT2D eigenvalue weighted by Crippen LogP contribution is -2.35. The number of para-hydroxylation sites is 1. The minimum Gasteiger partial charge on any atom is -0.304 e. The minimum absolute atomic E-state index is 0.200. The van der Waals surface area contributed by atoms with Crippen molar-refractivity contribution in [3.05, 3.63) is 58.4 Å². The van der Waals surface area contributed by atoms with E-state index in [0.717, 1.165) is 35.0 Å². The molecule has 0 spiro atoms. The van der Waals surface area contributed by atoms with E-state index < -0.39 is 15.9 Å². The second-order valence-corrected chi connectivity index (χ2v) is 10.4. The molecule has 31 heavy (non-hydrogen) atoms. The predicted octanol–water partition coefficient (Wildman–Crippen LogP) is 3.56. The first-order chi connectivity index (χ1) is 14.9. The Bertz CT molecular complexity index is 1340. The number of hydrogen-bond donors (Lipinski definition) is 0. The third-order valence-corrected chi connectivity index (χ3v) is 8.36. The molecule has 2 heterocycles. The van der Waals surface area contributed by atoms with Gasteiger partial charge in [-0.2, -0.15) is 9.30 Å². The summed E-state index contributed by atoms with van der Waals surface area (Å²) in [7, 11) is -3.53. The number of piperidine rings is 1. The number of sulfonamides is 1. The highest BCUT2D eigenvalue weighted by atomic mass is 32.2. The van der Waals surface area contributed by atoms with E-state index in [1.807, 2.05) is 29.7 Å². The Morgan fingerprint density at radius 2 is 1.84 bits per heavy atom. The number of thiazole rings is 1. The summed E-state index contributed by atoms with van der Waals surface area (Å²) in [4.78, 5) is 17.8. The van der Waals surface area contributed by atoms with E-state index >= 15 is 0 Å². The minimum atomic E-state index is -3.53. The van der Waals surface area contributed by atoms with Crippen LogP contribution >= 0.6 is 11.3 Å². The summed E-state index contributed by atoms with van der Waals surface area (Å²) in [6.07, 6.45) is 8.34. The molecule has 2 aromatic carbocycles. The van der Waals surface area contributed by atoms with Crippen LogP contribution in [-0.4, -0.2) is 36.3 Å². The van der Waals surface area contributed by atoms with Crippen LogP contribution in [0.3, 0.4) is 0 Å². The first kappa shape index (κ1) is 21.5. The molecule has 1 fully saturated rings. The number of benzene rings is 2. The Morgan fingerprint density at radius 3 is 2.52 bits per heavy atom. The molecule has 0 saturated carbocycles. The molecule has 0 atom stereocenters. The van der Waals surface area contributed by atoms with Gasteiger partial charge in [0.25, 0.3) is 5.91 Å². The maximum Gasteiger partial charge on any atom is 0.279 e. The number of carbonyl (C=O) groups excluding carboxylic acids is 1. The van der Waals surface area contributed by atoms with Crippen LogP contribution in [-0.2, 0) is 16.6 Å². The first-order valence-corrected chi connectivity index (χ1v) is 12.4. The topological polar surface area (TPSA) is 71.7 Å². The molecule has 1 saturated heterocycles. The molecule has 4 rings (SSSR count). The highest BCUT2D eigenvalue weighted by Crippen LogP contribution is 2.22. The third-order valence-electron chi connectivity index (χ3n) is 5.40. The predicted molar refractivity (Wildman–Crippen MR) is 122 cm³/mol. The van der Waals surface area contributed by atoms with Gasteiger partial charge in [-0.3, -0.25) is 4.79 Å². The van der Waals surface area contributed by atoms with Gasteiger partial charge in [-0.15, -0.1) is 6.42 Å². The molecule has 0 aliphatic carbocycles. The van der Waals surface area contributed by atoms with Gasteiger partial charge in [-0.05, 0) is 55.7 Å². The molecular formula is C23H23N3O3S2. The molecule has 0 unspecified atom stereocenters. The zero-order valence-electron chi connectivity index (χ0n) is 17.2. The number of rotatable bonds is 4. The van der Waals surface area contributed by atoms with Crippen molar-refractivity contribution in [3.63, 3.8) is 0 Å². The molecule has 160 valence electrons. The number of carbonyl (C=O) groups is 1. The van der Waals surface area contributed by atoms with Gasteiger partial charge in [-0.25, -0.2) is 8.42 Å². The molecular weight excluding hydrogens is 430 g/mol. The van der Waals surface area contributed by atoms with Crippen molar-refractivity contribution in [1.29, 1.82) is 0 Å². The Kier molecular flexibility index (Phi) is 6.10. The molecule has 0 radical (unpaired) electrons. The lowest BCUT2D eigenvalue weighted by atomic mass is 10.2. The molecule has 1 amide bonds. The number of aryl methyl sites for hydroxylation is 1. The summed E-state index contributed by atoms with van der Waals surface area (Å²) in [6, 6.07) is 11.9. The van der Waals surface area contributed by atoms with Gasteiger partial charge >= 0.3 is 0 Å². The maximum atomic E-state index is 12.8. The average Bonchev–Trinajstić information content (AvgIpc) is 3.13. The van der Waals surface area contributed by atoms with E-state index in [2.05, 4.69) is 10.9 Å². The fourth-order valence-electron chi connectivity index (χ4n) is 3.81. The van der Waals surface area contributed by atoms with E-state index in [9.17, 15) is 13.2 Å². The Labute approximate surface area is 185 Å². The maximum absolute atomic E-state index is 12.8. The number of nitrogens with zero attached hydrogens (tertiary/aromatic N) is 3. The number of aromatic nitrogens is 1. The Balaban J connectivity index is 1.67. The molecule has 6 nitrogen and oxygen atoms in total. The van der Waals surface area contributed by atoms with Gasteiger partial charge in [0.05, 0.1) is 21.7 Å². The summed E-state index contributed by atoms with van der Waals surface area (Å²) in [5, 5.41) is 0. The lowest BCUT2D eigenvalue weighted by Gasteiger charge is -2.25. The van der Waals surface area contributed by atoms with Crippen molar-refractivity contribution in [1.82, 2.24) is 8.87 Å². The van der Waals surface area contributed by atoms with Gasteiger partial charge in [0, 0.05) is 18.7 Å². The quantitative estimate of drug-likeness (QED) is 0.567. The van der Waals surface area contributed by atoms with Crippen molar-refractivity contribution in [2.45, 2.75) is 37.6 Å². The van der Waals surface area contributed by atoms with E-state index in [0.29, 0.717) is 30.0 Å². The van der Waals surface area contributed by atoms with Gasteiger partial charge < -0.3 is 4.57 Å². The van der Waals surface area contributed by atoms with Crippen LogP contribution in [0.15, 0.2) is 52.4 Å². The summed E-state index contributed by atoms with van der Waals surface area (Å²) in [5.74, 6) is 2.19. The van der Waals surface area contributed by atoms with Crippen molar-refractivity contribution in [2.24, 2.45) is 4.99 Å². The van der Waals surface area contributed by atoms with Gasteiger partial charge in [0.15, 0.2) is 4.80 Å². The SMILES string of the molecule is C#CCn1c(=NC(=O)c2ccc(S(=O)(=O)N3CCCCC3)cc2)sc2cccc(C)c21. The molecule has 8 heteroatoms. The second-order valence-electron chi connectivity index (χ2n) is 7.50. The van der Waals surface area contributed by atoms with Crippen LogP contribution in [0.25, 0.3) is 10.2 Å². The van der Waals surface area contributed by atoms with Crippen LogP contribution < -0.4 is 4.80 Å². The van der Waals surface area contributed by atoms with E-state index in [4.69, 9.17) is 6.42 Å². The number of fused-ring (bicyclic) bond motifs is 1. The summed E-state index contributed by atoms with van der Waals surface area (Å²) < 4.78 is 30.0. The fourth-order valence-corrected chi connectivity index (χ4v) is 6.43. The normalized spacial score (nSPS) is 15.8. The van der Waals surface area contributed by atoms with Gasteiger partial charge in [-0.1, -0.05) is 35.8 Å². The highest BCUT2D eigenvalue weighted by Gasteiger charge is 2.26. The fraction of sp³-hybridized carbons (Fsp3) is 0.304. The van der Waals surface area contributed by atoms with Crippen LogP contribution in [0, 0.1) is 19.3 Å². The molecule has 0 N–H and O–H groups in total. The largest absolute Gasteiger partial charge is 0.304 e. The molecule has 1 aliphatic heterocycles. The van der Waals surface area contributed by atoms with Crippen molar-refractivity contribution in [2.75, 3.05) is 13.1 Å². The summed E-state index contributed by atoms with van der Waals surface area (Å²) in [6.45, 7) is 3.39. The summed E-state index contributed by atoms with van der Waals surface area (Å²) >= 11 is 1.40. The summed E-state index contributed by atoms with van der Waals surface area (Å²) in [5.41, 5.74) is 2.36. The van der Waals surface area contributed by atoms with Crippen LogP contribution in [0.1, 0.15) is 35.2 Å². The molecule has 1 aliphatic rings. The smallest absolute Gasteiger partial charge is 0.279 e. The molecule has 1 aromatic heterocycles.